The zero-order valence-corrected chi connectivity index (χ0v) is 15.9. The molecule has 0 saturated carbocycles. The Hall–Kier alpha value is -1.79. The fraction of sp³-hybridized carbons (Fsp3) is 0.0588. The molecule has 0 aliphatic heterocycles. The Morgan fingerprint density at radius 2 is 2.00 bits per heavy atom. The molecular formula is C17H11Cl3N2O2S. The van der Waals surface area contributed by atoms with E-state index < -0.39 is 0 Å². The molecule has 0 saturated heterocycles. The number of amides is 1. The fourth-order valence-corrected chi connectivity index (χ4v) is 3.67. The maximum absolute atomic E-state index is 12.1. The van der Waals surface area contributed by atoms with Crippen LogP contribution in [0.5, 0.6) is 5.75 Å². The van der Waals surface area contributed by atoms with Gasteiger partial charge in [0.15, 0.2) is 5.13 Å². The van der Waals surface area contributed by atoms with E-state index in [9.17, 15) is 4.79 Å². The highest BCUT2D eigenvalue weighted by Gasteiger charge is 2.10. The van der Waals surface area contributed by atoms with Crippen molar-refractivity contribution in [2.24, 2.45) is 0 Å². The van der Waals surface area contributed by atoms with Crippen molar-refractivity contribution in [3.63, 3.8) is 0 Å². The number of halogens is 3. The molecule has 25 heavy (non-hydrogen) atoms. The van der Waals surface area contributed by atoms with Crippen LogP contribution in [0, 0.1) is 0 Å². The van der Waals surface area contributed by atoms with Crippen LogP contribution in [0.1, 0.15) is 5.56 Å². The summed E-state index contributed by atoms with van der Waals surface area (Å²) in [6.45, 7) is 0. The van der Waals surface area contributed by atoms with Crippen molar-refractivity contribution in [3.05, 3.63) is 57.0 Å². The number of ether oxygens (including phenoxy) is 1. The molecule has 0 bridgehead atoms. The lowest BCUT2D eigenvalue weighted by molar-refractivity contribution is -0.111. The quantitative estimate of drug-likeness (QED) is 0.540. The third kappa shape index (κ3) is 4.25. The van der Waals surface area contributed by atoms with Gasteiger partial charge in [0, 0.05) is 22.2 Å². The van der Waals surface area contributed by atoms with Gasteiger partial charge in [-0.1, -0.05) is 52.2 Å². The summed E-state index contributed by atoms with van der Waals surface area (Å²) in [6.07, 6.45) is 3.00. The van der Waals surface area contributed by atoms with Crippen molar-refractivity contribution < 1.29 is 9.53 Å². The van der Waals surface area contributed by atoms with E-state index in [1.165, 1.54) is 17.4 Å². The van der Waals surface area contributed by atoms with Crippen LogP contribution in [-0.4, -0.2) is 18.0 Å². The molecule has 1 amide bonds. The summed E-state index contributed by atoms with van der Waals surface area (Å²) in [7, 11) is 1.55. The monoisotopic (exact) mass is 412 g/mol. The average molecular weight is 414 g/mol. The first-order valence-electron chi connectivity index (χ1n) is 7.04. The molecule has 128 valence electrons. The molecular weight excluding hydrogens is 403 g/mol. The van der Waals surface area contributed by atoms with Crippen molar-refractivity contribution >= 4 is 73.5 Å². The molecule has 8 heteroatoms. The Morgan fingerprint density at radius 3 is 2.72 bits per heavy atom. The average Bonchev–Trinajstić information content (AvgIpc) is 2.94. The first-order chi connectivity index (χ1) is 12.0. The minimum atomic E-state index is -0.317. The van der Waals surface area contributed by atoms with Gasteiger partial charge in [-0.05, 0) is 29.8 Å². The number of hydrogen-bond acceptors (Lipinski definition) is 4. The van der Waals surface area contributed by atoms with Crippen LogP contribution in [0.2, 0.25) is 15.1 Å². The van der Waals surface area contributed by atoms with Gasteiger partial charge in [-0.3, -0.25) is 10.1 Å². The number of hydrogen-bond donors (Lipinski definition) is 1. The van der Waals surface area contributed by atoms with E-state index in [0.29, 0.717) is 37.0 Å². The predicted octanol–water partition coefficient (Wildman–Crippen LogP) is 5.92. The highest BCUT2D eigenvalue weighted by atomic mass is 35.5. The smallest absolute Gasteiger partial charge is 0.250 e. The SMILES string of the molecule is COc1cc2sc(NC(=O)/C=C/c3ccc(Cl)cc3Cl)nc2cc1Cl. The number of nitrogens with one attached hydrogen (secondary N) is 1. The number of carbonyl (C=O) groups excluding carboxylic acids is 1. The van der Waals surface area contributed by atoms with Crippen molar-refractivity contribution in [2.75, 3.05) is 12.4 Å². The molecule has 1 aromatic heterocycles. The van der Waals surface area contributed by atoms with Gasteiger partial charge < -0.3 is 4.74 Å². The summed E-state index contributed by atoms with van der Waals surface area (Å²) >= 11 is 19.3. The van der Waals surface area contributed by atoms with Gasteiger partial charge in [0.25, 0.3) is 0 Å². The lowest BCUT2D eigenvalue weighted by Gasteiger charge is -2.00. The van der Waals surface area contributed by atoms with Crippen LogP contribution in [0.25, 0.3) is 16.3 Å². The maximum Gasteiger partial charge on any atom is 0.250 e. The number of thiazole rings is 1. The molecule has 2 aromatic carbocycles. The molecule has 0 spiro atoms. The van der Waals surface area contributed by atoms with Crippen LogP contribution >= 0.6 is 46.1 Å². The van der Waals surface area contributed by atoms with E-state index in [4.69, 9.17) is 39.5 Å². The summed E-state index contributed by atoms with van der Waals surface area (Å²) in [5.74, 6) is 0.246. The topological polar surface area (TPSA) is 51.2 Å². The molecule has 3 rings (SSSR count). The lowest BCUT2D eigenvalue weighted by Crippen LogP contribution is -2.07. The largest absolute Gasteiger partial charge is 0.495 e. The summed E-state index contributed by atoms with van der Waals surface area (Å²) in [5.41, 5.74) is 1.39. The zero-order valence-electron chi connectivity index (χ0n) is 12.8. The molecule has 0 fully saturated rings. The van der Waals surface area contributed by atoms with Gasteiger partial charge in [-0.15, -0.1) is 0 Å². The van der Waals surface area contributed by atoms with Gasteiger partial charge in [-0.25, -0.2) is 4.98 Å². The Morgan fingerprint density at radius 1 is 1.20 bits per heavy atom. The van der Waals surface area contributed by atoms with Gasteiger partial charge in [-0.2, -0.15) is 0 Å². The van der Waals surface area contributed by atoms with E-state index in [0.717, 1.165) is 4.70 Å². The molecule has 1 N–H and O–H groups in total. The third-order valence-electron chi connectivity index (χ3n) is 3.27. The molecule has 3 aromatic rings. The van der Waals surface area contributed by atoms with Crippen molar-refractivity contribution in [1.82, 2.24) is 4.98 Å². The second-order valence-electron chi connectivity index (χ2n) is 4.96. The number of benzene rings is 2. The molecule has 0 unspecified atom stereocenters. The van der Waals surface area contributed by atoms with E-state index in [-0.39, 0.29) is 5.91 Å². The molecule has 1 heterocycles. The number of rotatable bonds is 4. The van der Waals surface area contributed by atoms with Crippen molar-refractivity contribution in [1.29, 1.82) is 0 Å². The minimum absolute atomic E-state index is 0.317. The summed E-state index contributed by atoms with van der Waals surface area (Å²) in [4.78, 5) is 16.4. The first-order valence-corrected chi connectivity index (χ1v) is 8.99. The van der Waals surface area contributed by atoms with Gasteiger partial charge in [0.05, 0.1) is 22.3 Å². The number of methoxy groups -OCH3 is 1. The molecule has 0 aliphatic rings. The fourth-order valence-electron chi connectivity index (χ4n) is 2.09. The zero-order chi connectivity index (χ0) is 18.0. The Balaban J connectivity index is 1.76. The number of anilines is 1. The van der Waals surface area contributed by atoms with Gasteiger partial charge >= 0.3 is 0 Å². The highest BCUT2D eigenvalue weighted by Crippen LogP contribution is 2.34. The number of aromatic nitrogens is 1. The second-order valence-corrected chi connectivity index (χ2v) is 7.24. The standard InChI is InChI=1S/C17H11Cl3N2O2S/c1-24-14-8-15-13(7-12(14)20)21-17(25-15)22-16(23)5-3-9-2-4-10(18)6-11(9)19/h2-8H,1H3,(H,21,22,23)/b5-3+. The van der Waals surface area contributed by atoms with Crippen LogP contribution < -0.4 is 10.1 Å². The highest BCUT2D eigenvalue weighted by molar-refractivity contribution is 7.22. The third-order valence-corrected chi connectivity index (χ3v) is 5.06. The maximum atomic E-state index is 12.1. The summed E-state index contributed by atoms with van der Waals surface area (Å²) in [6, 6.07) is 8.54. The van der Waals surface area contributed by atoms with Crippen LogP contribution in [0.4, 0.5) is 5.13 Å². The molecule has 0 radical (unpaired) electrons. The van der Waals surface area contributed by atoms with E-state index in [1.54, 1.807) is 43.5 Å². The van der Waals surface area contributed by atoms with Crippen LogP contribution in [0.15, 0.2) is 36.4 Å². The Kier molecular flexibility index (Phi) is 5.49. The van der Waals surface area contributed by atoms with Crippen LogP contribution in [-0.2, 0) is 4.79 Å². The van der Waals surface area contributed by atoms with Gasteiger partial charge in [0.2, 0.25) is 5.91 Å². The number of fused-ring (bicyclic) bond motifs is 1. The Bertz CT molecular complexity index is 985. The summed E-state index contributed by atoms with van der Waals surface area (Å²) < 4.78 is 6.04. The minimum Gasteiger partial charge on any atom is -0.495 e. The molecule has 4 nitrogen and oxygen atoms in total. The summed E-state index contributed by atoms with van der Waals surface area (Å²) in [5, 5.41) is 4.66. The van der Waals surface area contributed by atoms with E-state index >= 15 is 0 Å². The van der Waals surface area contributed by atoms with E-state index in [1.807, 2.05) is 0 Å². The van der Waals surface area contributed by atoms with Gasteiger partial charge in [0.1, 0.15) is 5.75 Å². The predicted molar refractivity (Wildman–Crippen MR) is 105 cm³/mol. The van der Waals surface area contributed by atoms with Crippen molar-refractivity contribution in [2.45, 2.75) is 0 Å². The number of nitrogens with zero attached hydrogens (tertiary/aromatic N) is 1. The first kappa shape index (κ1) is 18.0. The Labute approximate surface area is 163 Å². The number of carbonyl (C=O) groups is 1. The normalized spacial score (nSPS) is 11.2. The van der Waals surface area contributed by atoms with Crippen molar-refractivity contribution in [3.8, 4) is 5.75 Å². The van der Waals surface area contributed by atoms with Crippen LogP contribution in [0.3, 0.4) is 0 Å². The second kappa shape index (κ2) is 7.62. The molecule has 0 atom stereocenters. The van der Waals surface area contributed by atoms with E-state index in [2.05, 4.69) is 10.3 Å². The molecule has 0 aliphatic carbocycles. The lowest BCUT2D eigenvalue weighted by atomic mass is 10.2.